The van der Waals surface area contributed by atoms with Gasteiger partial charge < -0.3 is 5.73 Å². The van der Waals surface area contributed by atoms with Crippen LogP contribution in [0.25, 0.3) is 0 Å². The van der Waals surface area contributed by atoms with Gasteiger partial charge in [-0.15, -0.1) is 0 Å². The Balaban J connectivity index is 2.23. The zero-order chi connectivity index (χ0) is 14.5. The number of thiophene rings is 1. The number of likely N-dealkylation sites (N-methyl/N-ethyl adjacent to an activating group) is 1. The fourth-order valence-electron chi connectivity index (χ4n) is 2.51. The van der Waals surface area contributed by atoms with Crippen LogP contribution in [0.15, 0.2) is 41.1 Å². The van der Waals surface area contributed by atoms with Crippen molar-refractivity contribution in [1.82, 2.24) is 4.90 Å². The van der Waals surface area contributed by atoms with Crippen molar-refractivity contribution in [3.05, 3.63) is 58.0 Å². The van der Waals surface area contributed by atoms with Crippen LogP contribution in [0.5, 0.6) is 0 Å². The van der Waals surface area contributed by atoms with Crippen LogP contribution in [0.3, 0.4) is 0 Å². The molecule has 20 heavy (non-hydrogen) atoms. The average molecular weight is 292 g/mol. The summed E-state index contributed by atoms with van der Waals surface area (Å²) in [6.45, 7) is 2.88. The molecule has 2 atom stereocenters. The topological polar surface area (TPSA) is 29.3 Å². The molecule has 0 fully saturated rings. The number of benzene rings is 1. The number of halogens is 1. The van der Waals surface area contributed by atoms with E-state index in [2.05, 4.69) is 28.7 Å². The maximum atomic E-state index is 13.5. The summed E-state index contributed by atoms with van der Waals surface area (Å²) in [4.78, 5) is 2.20. The largest absolute Gasteiger partial charge is 0.326 e. The predicted molar refractivity (Wildman–Crippen MR) is 83.2 cm³/mol. The van der Waals surface area contributed by atoms with Crippen LogP contribution in [-0.4, -0.2) is 18.0 Å². The number of nitrogens with two attached hydrogens (primary N) is 1. The molecule has 108 valence electrons. The summed E-state index contributed by atoms with van der Waals surface area (Å²) in [5.74, 6) is -0.209. The molecule has 1 aromatic carbocycles. The summed E-state index contributed by atoms with van der Waals surface area (Å²) in [5, 5.41) is 4.21. The van der Waals surface area contributed by atoms with Crippen molar-refractivity contribution in [3.63, 3.8) is 0 Å². The van der Waals surface area contributed by atoms with E-state index in [0.29, 0.717) is 0 Å². The van der Waals surface area contributed by atoms with Gasteiger partial charge >= 0.3 is 0 Å². The molecule has 0 radical (unpaired) electrons. The third-order valence-corrected chi connectivity index (χ3v) is 4.29. The molecular weight excluding hydrogens is 271 g/mol. The van der Waals surface area contributed by atoms with Gasteiger partial charge in [0.05, 0.1) is 6.04 Å². The van der Waals surface area contributed by atoms with Gasteiger partial charge in [0.25, 0.3) is 0 Å². The van der Waals surface area contributed by atoms with Crippen molar-refractivity contribution < 1.29 is 4.39 Å². The second-order valence-electron chi connectivity index (χ2n) is 5.12. The van der Waals surface area contributed by atoms with E-state index in [1.807, 2.05) is 13.1 Å². The highest BCUT2D eigenvalue weighted by molar-refractivity contribution is 7.07. The normalized spacial score (nSPS) is 14.4. The zero-order valence-corrected chi connectivity index (χ0v) is 12.7. The van der Waals surface area contributed by atoms with Gasteiger partial charge in [0.1, 0.15) is 5.82 Å². The van der Waals surface area contributed by atoms with Gasteiger partial charge in [0.15, 0.2) is 0 Å². The molecule has 2 nitrogen and oxygen atoms in total. The highest BCUT2D eigenvalue weighted by atomic mass is 32.1. The second-order valence-corrected chi connectivity index (χ2v) is 5.90. The molecule has 0 aliphatic carbocycles. The first kappa shape index (κ1) is 15.2. The first-order valence-corrected chi connectivity index (χ1v) is 7.78. The molecule has 2 aromatic rings. The van der Waals surface area contributed by atoms with E-state index < -0.39 is 0 Å². The van der Waals surface area contributed by atoms with Crippen LogP contribution in [0.1, 0.15) is 30.5 Å². The minimum atomic E-state index is -0.209. The monoisotopic (exact) mass is 292 g/mol. The number of hydrogen-bond donors (Lipinski definition) is 1. The van der Waals surface area contributed by atoms with Crippen molar-refractivity contribution in [2.45, 2.75) is 32.0 Å². The van der Waals surface area contributed by atoms with Crippen LogP contribution in [0.2, 0.25) is 0 Å². The summed E-state index contributed by atoms with van der Waals surface area (Å²) in [6, 6.07) is 8.88. The molecule has 0 bridgehead atoms. The second kappa shape index (κ2) is 6.97. The van der Waals surface area contributed by atoms with Crippen molar-refractivity contribution in [3.8, 4) is 0 Å². The molecule has 0 aliphatic heterocycles. The lowest BCUT2D eigenvalue weighted by molar-refractivity contribution is 0.201. The van der Waals surface area contributed by atoms with Gasteiger partial charge in [0, 0.05) is 12.6 Å². The molecule has 0 amide bonds. The molecule has 0 aliphatic rings. The fraction of sp³-hybridized carbons (Fsp3) is 0.375. The molecule has 0 saturated heterocycles. The molecule has 4 heteroatoms. The Morgan fingerprint density at radius 1 is 1.35 bits per heavy atom. The van der Waals surface area contributed by atoms with Gasteiger partial charge in [-0.1, -0.05) is 19.1 Å². The highest BCUT2D eigenvalue weighted by Crippen LogP contribution is 2.26. The third-order valence-electron chi connectivity index (χ3n) is 3.55. The molecular formula is C16H21FN2S. The van der Waals surface area contributed by atoms with Crippen LogP contribution in [0, 0.1) is 5.82 Å². The van der Waals surface area contributed by atoms with E-state index in [1.54, 1.807) is 23.5 Å². The van der Waals surface area contributed by atoms with Gasteiger partial charge in [0.2, 0.25) is 0 Å². The maximum absolute atomic E-state index is 13.5. The van der Waals surface area contributed by atoms with Gasteiger partial charge in [-0.2, -0.15) is 11.3 Å². The minimum Gasteiger partial charge on any atom is -0.326 e. The number of rotatable bonds is 6. The highest BCUT2D eigenvalue weighted by Gasteiger charge is 2.23. The Morgan fingerprint density at radius 2 is 2.15 bits per heavy atom. The summed E-state index contributed by atoms with van der Waals surface area (Å²) < 4.78 is 13.5. The first-order valence-electron chi connectivity index (χ1n) is 6.84. The lowest BCUT2D eigenvalue weighted by Crippen LogP contribution is -2.38. The van der Waals surface area contributed by atoms with Crippen molar-refractivity contribution in [2.24, 2.45) is 5.73 Å². The molecule has 0 saturated carbocycles. The van der Waals surface area contributed by atoms with Crippen LogP contribution in [0.4, 0.5) is 4.39 Å². The molecule has 2 rings (SSSR count). The fourth-order valence-corrected chi connectivity index (χ4v) is 3.17. The number of nitrogens with zero attached hydrogens (tertiary/aromatic N) is 1. The molecule has 2 N–H and O–H groups in total. The van der Waals surface area contributed by atoms with Gasteiger partial charge in [-0.3, -0.25) is 4.90 Å². The van der Waals surface area contributed by atoms with Crippen molar-refractivity contribution in [1.29, 1.82) is 0 Å². The van der Waals surface area contributed by atoms with Crippen molar-refractivity contribution >= 4 is 11.3 Å². The van der Waals surface area contributed by atoms with E-state index in [0.717, 1.165) is 18.5 Å². The summed E-state index contributed by atoms with van der Waals surface area (Å²) in [5.41, 5.74) is 8.48. The average Bonchev–Trinajstić information content (AvgIpc) is 2.91. The van der Waals surface area contributed by atoms with E-state index >= 15 is 0 Å². The lowest BCUT2D eigenvalue weighted by Gasteiger charge is -2.32. The van der Waals surface area contributed by atoms with Crippen molar-refractivity contribution in [2.75, 3.05) is 7.05 Å². The Morgan fingerprint density at radius 3 is 2.75 bits per heavy atom. The molecule has 2 unspecified atom stereocenters. The summed E-state index contributed by atoms with van der Waals surface area (Å²) in [6.07, 6.45) is 0.856. The zero-order valence-electron chi connectivity index (χ0n) is 11.9. The number of hydrogen-bond acceptors (Lipinski definition) is 3. The van der Waals surface area contributed by atoms with Crippen LogP contribution in [-0.2, 0) is 6.54 Å². The molecule has 1 aromatic heterocycles. The predicted octanol–water partition coefficient (Wildman–Crippen LogP) is 3.80. The Kier molecular flexibility index (Phi) is 5.29. The minimum absolute atomic E-state index is 0.0135. The first-order chi connectivity index (χ1) is 9.61. The van der Waals surface area contributed by atoms with E-state index in [4.69, 9.17) is 5.73 Å². The smallest absolute Gasteiger partial charge is 0.123 e. The van der Waals surface area contributed by atoms with Gasteiger partial charge in [-0.25, -0.2) is 4.39 Å². The lowest BCUT2D eigenvalue weighted by atomic mass is 9.96. The quantitative estimate of drug-likeness (QED) is 0.877. The van der Waals surface area contributed by atoms with Crippen LogP contribution >= 0.6 is 11.3 Å². The van der Waals surface area contributed by atoms with E-state index in [9.17, 15) is 4.39 Å². The Hall–Kier alpha value is -1.23. The SMILES string of the molecule is CCC(N)C(c1cccc(F)c1)N(C)Cc1ccsc1. The van der Waals surface area contributed by atoms with E-state index in [-0.39, 0.29) is 17.9 Å². The Labute approximate surface area is 124 Å². The summed E-state index contributed by atoms with van der Waals surface area (Å²) in [7, 11) is 2.04. The molecule has 1 heterocycles. The standard InChI is InChI=1S/C16H21FN2S/c1-3-15(18)16(13-5-4-6-14(17)9-13)19(2)10-12-7-8-20-11-12/h4-9,11,15-16H,3,10,18H2,1-2H3. The maximum Gasteiger partial charge on any atom is 0.123 e. The van der Waals surface area contributed by atoms with E-state index in [1.165, 1.54) is 11.6 Å². The summed E-state index contributed by atoms with van der Waals surface area (Å²) >= 11 is 1.69. The van der Waals surface area contributed by atoms with Gasteiger partial charge in [-0.05, 0) is 53.6 Å². The third kappa shape index (κ3) is 3.66. The molecule has 0 spiro atoms. The Bertz CT molecular complexity index is 527. The van der Waals surface area contributed by atoms with Crippen LogP contribution < -0.4 is 5.73 Å².